The van der Waals surface area contributed by atoms with Gasteiger partial charge in [0.15, 0.2) is 0 Å². The summed E-state index contributed by atoms with van der Waals surface area (Å²) in [5.41, 5.74) is 0. The van der Waals surface area contributed by atoms with Crippen LogP contribution in [0.4, 0.5) is 9.18 Å². The number of amides is 2. The minimum atomic E-state index is -0.883. The number of carboxylic acids is 1. The molecule has 2 amide bonds. The van der Waals surface area contributed by atoms with E-state index >= 15 is 0 Å². The molecular weight excluding hydrogens is 315 g/mol. The van der Waals surface area contributed by atoms with Gasteiger partial charge in [-0.2, -0.15) is 0 Å². The summed E-state index contributed by atoms with van der Waals surface area (Å²) in [7, 11) is 0. The first-order chi connectivity index (χ1) is 10.5. The Morgan fingerprint density at radius 2 is 2.27 bits per heavy atom. The van der Waals surface area contributed by atoms with Crippen molar-refractivity contribution in [1.82, 2.24) is 10.2 Å². The van der Waals surface area contributed by atoms with E-state index in [0.29, 0.717) is 18.7 Å². The first-order valence-corrected chi connectivity index (χ1v) is 7.18. The number of rotatable bonds is 5. The summed E-state index contributed by atoms with van der Waals surface area (Å²) in [5, 5.41) is 11.5. The highest BCUT2D eigenvalue weighted by Crippen LogP contribution is 2.21. The molecule has 1 fully saturated rings. The first-order valence-electron chi connectivity index (χ1n) is 6.81. The minimum Gasteiger partial charge on any atom is -0.492 e. The maximum Gasteiger partial charge on any atom is 0.317 e. The zero-order valence-electron chi connectivity index (χ0n) is 11.7. The second-order valence-corrected chi connectivity index (χ2v) is 5.33. The van der Waals surface area contributed by atoms with E-state index in [1.54, 1.807) is 0 Å². The van der Waals surface area contributed by atoms with Gasteiger partial charge in [-0.15, -0.1) is 0 Å². The summed E-state index contributed by atoms with van der Waals surface area (Å²) in [5.74, 6) is -1.49. The Hall–Kier alpha value is -2.02. The SMILES string of the molecule is O=C(O)C1CCN(C(=O)NCCOc2ccc(F)c(Cl)c2)C1. The van der Waals surface area contributed by atoms with Crippen molar-refractivity contribution in [3.63, 3.8) is 0 Å². The Kier molecular flexibility index (Phi) is 5.43. The number of halogens is 2. The average Bonchev–Trinajstić information content (AvgIpc) is 2.97. The van der Waals surface area contributed by atoms with Crippen LogP contribution in [0.2, 0.25) is 5.02 Å². The molecule has 2 rings (SSSR count). The lowest BCUT2D eigenvalue weighted by atomic mass is 10.1. The van der Waals surface area contributed by atoms with Gasteiger partial charge in [0.05, 0.1) is 17.5 Å². The quantitative estimate of drug-likeness (QED) is 0.809. The largest absolute Gasteiger partial charge is 0.492 e. The second-order valence-electron chi connectivity index (χ2n) is 4.93. The van der Waals surface area contributed by atoms with Crippen molar-refractivity contribution in [2.24, 2.45) is 5.92 Å². The van der Waals surface area contributed by atoms with E-state index in [9.17, 15) is 14.0 Å². The van der Waals surface area contributed by atoms with E-state index in [0.717, 1.165) is 0 Å². The number of aliphatic carboxylic acids is 1. The lowest BCUT2D eigenvalue weighted by Gasteiger charge is -2.16. The van der Waals surface area contributed by atoms with Crippen LogP contribution in [0.15, 0.2) is 18.2 Å². The molecule has 1 saturated heterocycles. The Morgan fingerprint density at radius 1 is 1.50 bits per heavy atom. The maximum atomic E-state index is 13.0. The molecule has 1 aromatic carbocycles. The molecule has 1 heterocycles. The second kappa shape index (κ2) is 7.31. The molecule has 2 N–H and O–H groups in total. The number of nitrogens with zero attached hydrogens (tertiary/aromatic N) is 1. The van der Waals surface area contributed by atoms with Crippen molar-refractivity contribution < 1.29 is 23.8 Å². The molecule has 1 aliphatic heterocycles. The number of ether oxygens (including phenoxy) is 1. The molecule has 8 heteroatoms. The summed E-state index contributed by atoms with van der Waals surface area (Å²) in [4.78, 5) is 24.1. The first kappa shape index (κ1) is 16.4. The van der Waals surface area contributed by atoms with Crippen molar-refractivity contribution in [3.8, 4) is 5.75 Å². The molecule has 0 spiro atoms. The number of likely N-dealkylation sites (tertiary alicyclic amines) is 1. The number of carbonyl (C=O) groups excluding carboxylic acids is 1. The van der Waals surface area contributed by atoms with Gasteiger partial charge in [0.2, 0.25) is 0 Å². The fraction of sp³-hybridized carbons (Fsp3) is 0.429. The van der Waals surface area contributed by atoms with Gasteiger partial charge in [0, 0.05) is 19.2 Å². The van der Waals surface area contributed by atoms with E-state index < -0.39 is 17.7 Å². The fourth-order valence-corrected chi connectivity index (χ4v) is 2.32. The molecule has 6 nitrogen and oxygen atoms in total. The molecular formula is C14H16ClFN2O4. The Morgan fingerprint density at radius 3 is 2.91 bits per heavy atom. The van der Waals surface area contributed by atoms with Crippen LogP contribution in [0.25, 0.3) is 0 Å². The monoisotopic (exact) mass is 330 g/mol. The van der Waals surface area contributed by atoms with Crippen molar-refractivity contribution in [2.75, 3.05) is 26.2 Å². The average molecular weight is 331 g/mol. The third-order valence-electron chi connectivity index (χ3n) is 3.36. The number of carbonyl (C=O) groups is 2. The van der Waals surface area contributed by atoms with Gasteiger partial charge in [-0.05, 0) is 18.6 Å². The molecule has 0 aromatic heterocycles. The number of urea groups is 1. The summed E-state index contributed by atoms with van der Waals surface area (Å²) >= 11 is 5.62. The molecule has 0 aliphatic carbocycles. The molecule has 1 aliphatic rings. The highest BCUT2D eigenvalue weighted by Gasteiger charge is 2.30. The lowest BCUT2D eigenvalue weighted by Crippen LogP contribution is -2.40. The van der Waals surface area contributed by atoms with E-state index in [1.165, 1.54) is 23.1 Å². The Balaban J connectivity index is 1.69. The minimum absolute atomic E-state index is 0.0293. The van der Waals surface area contributed by atoms with Crippen LogP contribution in [0.3, 0.4) is 0 Å². The highest BCUT2D eigenvalue weighted by molar-refractivity contribution is 6.30. The normalized spacial score (nSPS) is 17.4. The van der Waals surface area contributed by atoms with Crippen LogP contribution in [-0.2, 0) is 4.79 Å². The summed E-state index contributed by atoms with van der Waals surface area (Å²) in [6.07, 6.45) is 0.466. The van der Waals surface area contributed by atoms with E-state index in [4.69, 9.17) is 21.4 Å². The van der Waals surface area contributed by atoms with Crippen LogP contribution in [-0.4, -0.2) is 48.2 Å². The third kappa shape index (κ3) is 4.24. The van der Waals surface area contributed by atoms with Crippen LogP contribution in [0.5, 0.6) is 5.75 Å². The Labute approximate surface area is 131 Å². The van der Waals surface area contributed by atoms with Gasteiger partial charge >= 0.3 is 12.0 Å². The van der Waals surface area contributed by atoms with Gasteiger partial charge in [-0.1, -0.05) is 11.6 Å². The van der Waals surface area contributed by atoms with Gasteiger partial charge < -0.3 is 20.1 Å². The predicted octanol–water partition coefficient (Wildman–Crippen LogP) is 1.97. The summed E-state index contributed by atoms with van der Waals surface area (Å²) < 4.78 is 18.3. The lowest BCUT2D eigenvalue weighted by molar-refractivity contribution is -0.141. The third-order valence-corrected chi connectivity index (χ3v) is 3.65. The van der Waals surface area contributed by atoms with Crippen LogP contribution < -0.4 is 10.1 Å². The standard InChI is InChI=1S/C14H16ClFN2O4/c15-11-7-10(1-2-12(11)16)22-6-4-17-14(21)18-5-3-9(8-18)13(19)20/h1-2,7,9H,3-6,8H2,(H,17,21)(H,19,20). The van der Waals surface area contributed by atoms with Crippen molar-refractivity contribution in [3.05, 3.63) is 29.0 Å². The summed E-state index contributed by atoms with van der Waals surface area (Å²) in [6, 6.07) is 3.69. The van der Waals surface area contributed by atoms with Crippen LogP contribution in [0, 0.1) is 11.7 Å². The fourth-order valence-electron chi connectivity index (χ4n) is 2.15. The van der Waals surface area contributed by atoms with Crippen molar-refractivity contribution in [1.29, 1.82) is 0 Å². The molecule has 0 radical (unpaired) electrons. The van der Waals surface area contributed by atoms with E-state index in [-0.39, 0.29) is 30.8 Å². The molecule has 120 valence electrons. The molecule has 1 atom stereocenters. The molecule has 0 bridgehead atoms. The number of hydrogen-bond acceptors (Lipinski definition) is 3. The molecule has 1 unspecified atom stereocenters. The topological polar surface area (TPSA) is 78.9 Å². The van der Waals surface area contributed by atoms with Crippen LogP contribution in [0.1, 0.15) is 6.42 Å². The van der Waals surface area contributed by atoms with E-state index in [1.807, 2.05) is 0 Å². The smallest absolute Gasteiger partial charge is 0.317 e. The zero-order chi connectivity index (χ0) is 16.1. The van der Waals surface area contributed by atoms with Crippen molar-refractivity contribution >= 4 is 23.6 Å². The highest BCUT2D eigenvalue weighted by atomic mass is 35.5. The summed E-state index contributed by atoms with van der Waals surface area (Å²) in [6.45, 7) is 1.10. The van der Waals surface area contributed by atoms with Crippen molar-refractivity contribution in [2.45, 2.75) is 6.42 Å². The van der Waals surface area contributed by atoms with Gasteiger partial charge in [0.25, 0.3) is 0 Å². The Bertz CT molecular complexity index is 570. The molecule has 22 heavy (non-hydrogen) atoms. The van der Waals surface area contributed by atoms with Gasteiger partial charge in [0.1, 0.15) is 18.2 Å². The van der Waals surface area contributed by atoms with Gasteiger partial charge in [-0.25, -0.2) is 9.18 Å². The number of benzene rings is 1. The number of carboxylic acid groups (broad SMARTS) is 1. The molecule has 1 aromatic rings. The zero-order valence-corrected chi connectivity index (χ0v) is 12.5. The number of hydrogen-bond donors (Lipinski definition) is 2. The van der Waals surface area contributed by atoms with Gasteiger partial charge in [-0.3, -0.25) is 4.79 Å². The van der Waals surface area contributed by atoms with Crippen LogP contribution >= 0.6 is 11.6 Å². The molecule has 0 saturated carbocycles. The van der Waals surface area contributed by atoms with E-state index in [2.05, 4.69) is 5.32 Å². The maximum absolute atomic E-state index is 13.0. The predicted molar refractivity (Wildman–Crippen MR) is 77.6 cm³/mol. The number of nitrogens with one attached hydrogen (secondary N) is 1.